The summed E-state index contributed by atoms with van der Waals surface area (Å²) in [6, 6.07) is 3.69. The van der Waals surface area contributed by atoms with E-state index in [2.05, 4.69) is 5.32 Å². The molecule has 0 aliphatic rings. The van der Waals surface area contributed by atoms with Gasteiger partial charge in [0.05, 0.1) is 10.7 Å². The van der Waals surface area contributed by atoms with Crippen LogP contribution >= 0.6 is 11.6 Å². The number of hydrogen-bond acceptors (Lipinski definition) is 3. The number of nitrogens with two attached hydrogens (primary N) is 1. The molecular weight excluding hydrogens is 299 g/mol. The maximum absolute atomic E-state index is 12.1. The number of alkyl halides is 3. The van der Waals surface area contributed by atoms with Gasteiger partial charge in [0.25, 0.3) is 0 Å². The van der Waals surface area contributed by atoms with E-state index < -0.39 is 12.1 Å². The van der Waals surface area contributed by atoms with Crippen molar-refractivity contribution < 1.29 is 22.8 Å². The molecule has 0 aromatic heterocycles. The minimum absolute atomic E-state index is 0.101. The summed E-state index contributed by atoms with van der Waals surface area (Å²) in [5.41, 5.74) is 5.28. The first-order chi connectivity index (χ1) is 9.24. The minimum Gasteiger partial charge on any atom is -0.330 e. The molecule has 0 aliphatic heterocycles. The van der Waals surface area contributed by atoms with Crippen molar-refractivity contribution in [3.63, 3.8) is 0 Å². The van der Waals surface area contributed by atoms with Crippen LogP contribution in [0.15, 0.2) is 18.2 Å². The molecule has 1 aromatic rings. The van der Waals surface area contributed by atoms with Crippen LogP contribution in [0.4, 0.5) is 24.5 Å². The van der Waals surface area contributed by atoms with E-state index >= 15 is 0 Å². The van der Waals surface area contributed by atoms with Gasteiger partial charge in [0.2, 0.25) is 5.91 Å². The number of benzene rings is 1. The van der Waals surface area contributed by atoms with Crippen molar-refractivity contribution in [1.29, 1.82) is 0 Å². The zero-order valence-corrected chi connectivity index (χ0v) is 10.8. The smallest absolute Gasteiger partial charge is 0.330 e. The Bertz CT molecular complexity index is 520. The highest BCUT2D eigenvalue weighted by Crippen LogP contribution is 2.27. The Balaban J connectivity index is 2.78. The summed E-state index contributed by atoms with van der Waals surface area (Å²) in [5, 5.41) is 3.95. The number of hydrogen-bond donors (Lipinski definition) is 3. The second-order valence-corrected chi connectivity index (χ2v) is 4.14. The predicted molar refractivity (Wildman–Crippen MR) is 68.4 cm³/mol. The highest BCUT2D eigenvalue weighted by molar-refractivity contribution is 6.34. The third-order valence-corrected chi connectivity index (χ3v) is 2.44. The van der Waals surface area contributed by atoms with Crippen LogP contribution in [0, 0.1) is 0 Å². The molecule has 20 heavy (non-hydrogen) atoms. The summed E-state index contributed by atoms with van der Waals surface area (Å²) in [4.78, 5) is 22.0. The Hall–Kier alpha value is -1.80. The molecule has 2 amide bonds. The van der Waals surface area contributed by atoms with Crippen molar-refractivity contribution in [3.05, 3.63) is 23.2 Å². The molecule has 1 rings (SSSR count). The third kappa shape index (κ3) is 4.71. The van der Waals surface area contributed by atoms with Crippen LogP contribution < -0.4 is 16.4 Å². The standard InChI is InChI=1S/C11H11ClF3N3O2/c12-7-5-6(17-9(19)3-4-16)1-2-8(7)18-10(20)11(13,14)15/h1-2,5H,3-4,16H2,(H,17,19)(H,18,20). The SMILES string of the molecule is NCCC(=O)Nc1ccc(NC(=O)C(F)(F)F)c(Cl)c1. The first kappa shape index (κ1) is 16.3. The van der Waals surface area contributed by atoms with Gasteiger partial charge in [0, 0.05) is 18.7 Å². The van der Waals surface area contributed by atoms with Gasteiger partial charge in [-0.15, -0.1) is 0 Å². The lowest BCUT2D eigenvalue weighted by Crippen LogP contribution is -2.30. The summed E-state index contributed by atoms with van der Waals surface area (Å²) in [7, 11) is 0. The fourth-order valence-electron chi connectivity index (χ4n) is 1.24. The van der Waals surface area contributed by atoms with Gasteiger partial charge in [-0.3, -0.25) is 9.59 Å². The van der Waals surface area contributed by atoms with E-state index in [9.17, 15) is 22.8 Å². The number of halogens is 4. The fraction of sp³-hybridized carbons (Fsp3) is 0.273. The number of carbonyl (C=O) groups is 2. The summed E-state index contributed by atoms with van der Waals surface area (Å²) in [6.45, 7) is 0.166. The van der Waals surface area contributed by atoms with Gasteiger partial charge in [0.1, 0.15) is 0 Å². The molecule has 4 N–H and O–H groups in total. The largest absolute Gasteiger partial charge is 0.471 e. The highest BCUT2D eigenvalue weighted by Gasteiger charge is 2.38. The van der Waals surface area contributed by atoms with Crippen molar-refractivity contribution in [1.82, 2.24) is 0 Å². The molecule has 0 fully saturated rings. The van der Waals surface area contributed by atoms with Gasteiger partial charge in [-0.05, 0) is 18.2 Å². The van der Waals surface area contributed by atoms with Crippen LogP contribution in [0.2, 0.25) is 5.02 Å². The normalized spacial score (nSPS) is 11.1. The van der Waals surface area contributed by atoms with Crippen LogP contribution in [0.5, 0.6) is 0 Å². The summed E-state index contributed by atoms with van der Waals surface area (Å²) in [6.07, 6.45) is -4.90. The topological polar surface area (TPSA) is 84.2 Å². The van der Waals surface area contributed by atoms with Crippen LogP contribution in [-0.4, -0.2) is 24.5 Å². The molecule has 5 nitrogen and oxygen atoms in total. The monoisotopic (exact) mass is 309 g/mol. The first-order valence-corrected chi connectivity index (χ1v) is 5.79. The summed E-state index contributed by atoms with van der Waals surface area (Å²) >= 11 is 5.73. The van der Waals surface area contributed by atoms with Gasteiger partial charge in [-0.1, -0.05) is 11.6 Å². The molecule has 0 heterocycles. The molecule has 0 aliphatic carbocycles. The van der Waals surface area contributed by atoms with Gasteiger partial charge in [-0.25, -0.2) is 0 Å². The molecule has 0 unspecified atom stereocenters. The zero-order valence-electron chi connectivity index (χ0n) is 10.1. The maximum atomic E-state index is 12.1. The highest BCUT2D eigenvalue weighted by atomic mass is 35.5. The third-order valence-electron chi connectivity index (χ3n) is 2.13. The van der Waals surface area contributed by atoms with Crippen LogP contribution in [0.25, 0.3) is 0 Å². The lowest BCUT2D eigenvalue weighted by molar-refractivity contribution is -0.167. The molecule has 0 bridgehead atoms. The van der Waals surface area contributed by atoms with Gasteiger partial charge < -0.3 is 16.4 Å². The average Bonchev–Trinajstić information content (AvgIpc) is 2.31. The Labute approximate surface area is 117 Å². The van der Waals surface area contributed by atoms with E-state index in [1.165, 1.54) is 12.1 Å². The number of rotatable bonds is 4. The number of nitrogens with one attached hydrogen (secondary N) is 2. The number of carbonyl (C=O) groups excluding carboxylic acids is 2. The molecule has 9 heteroatoms. The van der Waals surface area contributed by atoms with Gasteiger partial charge >= 0.3 is 12.1 Å². The van der Waals surface area contributed by atoms with Crippen molar-refractivity contribution in [3.8, 4) is 0 Å². The van der Waals surface area contributed by atoms with Crippen LogP contribution in [0.1, 0.15) is 6.42 Å². The average molecular weight is 310 g/mol. The van der Waals surface area contributed by atoms with E-state index in [0.29, 0.717) is 5.69 Å². The van der Waals surface area contributed by atoms with E-state index in [4.69, 9.17) is 17.3 Å². The molecule has 1 aromatic carbocycles. The Morgan fingerprint density at radius 3 is 2.40 bits per heavy atom. The van der Waals surface area contributed by atoms with Crippen molar-refractivity contribution >= 4 is 34.8 Å². The molecule has 0 saturated heterocycles. The van der Waals surface area contributed by atoms with Gasteiger partial charge in [-0.2, -0.15) is 13.2 Å². The Morgan fingerprint density at radius 1 is 1.25 bits per heavy atom. The predicted octanol–water partition coefficient (Wildman–Crippen LogP) is 2.13. The summed E-state index contributed by atoms with van der Waals surface area (Å²) in [5.74, 6) is -2.48. The van der Waals surface area contributed by atoms with Gasteiger partial charge in [0.15, 0.2) is 0 Å². The second kappa shape index (κ2) is 6.58. The molecule has 110 valence electrons. The molecule has 0 saturated carbocycles. The van der Waals surface area contributed by atoms with Crippen molar-refractivity contribution in [2.24, 2.45) is 5.73 Å². The number of anilines is 2. The molecule has 0 radical (unpaired) electrons. The minimum atomic E-state index is -5.00. The number of amides is 2. The molecular formula is C11H11ClF3N3O2. The second-order valence-electron chi connectivity index (χ2n) is 3.73. The van der Waals surface area contributed by atoms with E-state index in [1.807, 2.05) is 0 Å². The molecule has 0 atom stereocenters. The van der Waals surface area contributed by atoms with Crippen LogP contribution in [-0.2, 0) is 9.59 Å². The van der Waals surface area contributed by atoms with E-state index in [1.54, 1.807) is 5.32 Å². The maximum Gasteiger partial charge on any atom is 0.471 e. The first-order valence-electron chi connectivity index (χ1n) is 5.41. The van der Waals surface area contributed by atoms with Crippen molar-refractivity contribution in [2.75, 3.05) is 17.2 Å². The fourth-order valence-corrected chi connectivity index (χ4v) is 1.47. The van der Waals surface area contributed by atoms with E-state index in [0.717, 1.165) is 6.07 Å². The zero-order chi connectivity index (χ0) is 15.3. The Morgan fingerprint density at radius 2 is 1.90 bits per heavy atom. The van der Waals surface area contributed by atoms with E-state index in [-0.39, 0.29) is 29.6 Å². The lowest BCUT2D eigenvalue weighted by atomic mass is 10.2. The van der Waals surface area contributed by atoms with Crippen LogP contribution in [0.3, 0.4) is 0 Å². The quantitative estimate of drug-likeness (QED) is 0.796. The summed E-state index contributed by atoms with van der Waals surface area (Å²) < 4.78 is 36.2. The molecule has 0 spiro atoms. The van der Waals surface area contributed by atoms with Crippen molar-refractivity contribution in [2.45, 2.75) is 12.6 Å². The Kier molecular flexibility index (Phi) is 5.34. The lowest BCUT2D eigenvalue weighted by Gasteiger charge is -2.11.